The van der Waals surface area contributed by atoms with E-state index in [1.54, 1.807) is 0 Å². The SMILES string of the molecule is CCC(C)SCCCn1ccc(N)n1. The molecule has 0 saturated carbocycles. The average Bonchev–Trinajstić information content (AvgIpc) is 2.58. The van der Waals surface area contributed by atoms with Crippen molar-refractivity contribution in [3.05, 3.63) is 12.3 Å². The monoisotopic (exact) mass is 213 g/mol. The zero-order chi connectivity index (χ0) is 10.4. The Bertz CT molecular complexity index is 260. The van der Waals surface area contributed by atoms with Gasteiger partial charge >= 0.3 is 0 Å². The Morgan fingerprint density at radius 2 is 2.43 bits per heavy atom. The predicted octanol–water partition coefficient (Wildman–Crippen LogP) is 2.39. The first-order valence-corrected chi connectivity index (χ1v) is 6.17. The van der Waals surface area contributed by atoms with E-state index in [2.05, 4.69) is 18.9 Å². The molecule has 1 unspecified atom stereocenters. The van der Waals surface area contributed by atoms with Gasteiger partial charge in [0.1, 0.15) is 5.82 Å². The fourth-order valence-electron chi connectivity index (χ4n) is 1.13. The second-order valence-corrected chi connectivity index (χ2v) is 4.99. The maximum atomic E-state index is 5.52. The van der Waals surface area contributed by atoms with Crippen LogP contribution < -0.4 is 5.73 Å². The standard InChI is InChI=1S/C10H19N3S/c1-3-9(2)14-8-4-6-13-7-5-10(11)12-13/h5,7,9H,3-4,6,8H2,1-2H3,(H2,11,12). The summed E-state index contributed by atoms with van der Waals surface area (Å²) in [7, 11) is 0. The molecular weight excluding hydrogens is 194 g/mol. The van der Waals surface area contributed by atoms with Gasteiger partial charge in [-0.1, -0.05) is 13.8 Å². The molecule has 0 saturated heterocycles. The second-order valence-electron chi connectivity index (χ2n) is 3.45. The van der Waals surface area contributed by atoms with Crippen LogP contribution in [0.4, 0.5) is 5.82 Å². The Hall–Kier alpha value is -0.640. The zero-order valence-corrected chi connectivity index (χ0v) is 9.76. The number of nitrogen functional groups attached to an aromatic ring is 1. The maximum absolute atomic E-state index is 5.52. The molecule has 0 amide bonds. The molecule has 0 spiro atoms. The molecule has 4 heteroatoms. The smallest absolute Gasteiger partial charge is 0.145 e. The van der Waals surface area contributed by atoms with Crippen molar-refractivity contribution in [2.75, 3.05) is 11.5 Å². The van der Waals surface area contributed by atoms with Crippen LogP contribution in [0, 0.1) is 0 Å². The molecule has 14 heavy (non-hydrogen) atoms. The Morgan fingerprint density at radius 1 is 1.64 bits per heavy atom. The van der Waals surface area contributed by atoms with Crippen molar-refractivity contribution in [1.29, 1.82) is 0 Å². The molecule has 2 N–H and O–H groups in total. The van der Waals surface area contributed by atoms with Crippen LogP contribution in [0.5, 0.6) is 0 Å². The molecule has 3 nitrogen and oxygen atoms in total. The van der Waals surface area contributed by atoms with Gasteiger partial charge in [-0.15, -0.1) is 0 Å². The van der Waals surface area contributed by atoms with E-state index < -0.39 is 0 Å². The molecule has 1 atom stereocenters. The first-order chi connectivity index (χ1) is 6.72. The molecule has 0 aliphatic heterocycles. The Morgan fingerprint density at radius 3 is 3.00 bits per heavy atom. The van der Waals surface area contributed by atoms with E-state index in [-0.39, 0.29) is 0 Å². The van der Waals surface area contributed by atoms with Crippen molar-refractivity contribution in [3.63, 3.8) is 0 Å². The molecule has 0 bridgehead atoms. The minimum absolute atomic E-state index is 0.611. The van der Waals surface area contributed by atoms with E-state index in [0.717, 1.165) is 18.2 Å². The van der Waals surface area contributed by atoms with E-state index in [1.807, 2.05) is 28.7 Å². The van der Waals surface area contributed by atoms with Crippen molar-refractivity contribution >= 4 is 17.6 Å². The molecule has 0 fully saturated rings. The highest BCUT2D eigenvalue weighted by atomic mass is 32.2. The van der Waals surface area contributed by atoms with Gasteiger partial charge in [-0.25, -0.2) is 0 Å². The summed E-state index contributed by atoms with van der Waals surface area (Å²) in [5.74, 6) is 1.81. The molecule has 0 aliphatic rings. The van der Waals surface area contributed by atoms with Gasteiger partial charge in [0.25, 0.3) is 0 Å². The highest BCUT2D eigenvalue weighted by Gasteiger charge is 1.99. The number of hydrogen-bond acceptors (Lipinski definition) is 3. The third kappa shape index (κ3) is 4.05. The Kier molecular flexibility index (Phi) is 4.87. The average molecular weight is 213 g/mol. The van der Waals surface area contributed by atoms with E-state index in [9.17, 15) is 0 Å². The molecule has 80 valence electrons. The van der Waals surface area contributed by atoms with E-state index in [1.165, 1.54) is 12.2 Å². The van der Waals surface area contributed by atoms with Crippen molar-refractivity contribution < 1.29 is 0 Å². The molecular formula is C10H19N3S. The normalized spacial score (nSPS) is 13.0. The third-order valence-electron chi connectivity index (χ3n) is 2.17. The third-order valence-corrected chi connectivity index (χ3v) is 3.60. The Labute approximate surface area is 90.1 Å². The van der Waals surface area contributed by atoms with Crippen molar-refractivity contribution in [2.24, 2.45) is 0 Å². The maximum Gasteiger partial charge on any atom is 0.145 e. The summed E-state index contributed by atoms with van der Waals surface area (Å²) >= 11 is 2.03. The van der Waals surface area contributed by atoms with E-state index in [0.29, 0.717) is 5.82 Å². The van der Waals surface area contributed by atoms with Crippen LogP contribution in [-0.2, 0) is 6.54 Å². The van der Waals surface area contributed by atoms with E-state index in [4.69, 9.17) is 5.73 Å². The molecule has 1 rings (SSSR count). The fourth-order valence-corrected chi connectivity index (χ4v) is 2.06. The number of aromatic nitrogens is 2. The number of anilines is 1. The number of thioether (sulfide) groups is 1. The topological polar surface area (TPSA) is 43.8 Å². The van der Waals surface area contributed by atoms with Crippen LogP contribution in [0.15, 0.2) is 12.3 Å². The number of hydrogen-bond donors (Lipinski definition) is 1. The summed E-state index contributed by atoms with van der Waals surface area (Å²) in [5.41, 5.74) is 5.52. The highest BCUT2D eigenvalue weighted by molar-refractivity contribution is 7.99. The van der Waals surface area contributed by atoms with Crippen LogP contribution >= 0.6 is 11.8 Å². The van der Waals surface area contributed by atoms with E-state index >= 15 is 0 Å². The lowest BCUT2D eigenvalue weighted by Crippen LogP contribution is -2.02. The lowest BCUT2D eigenvalue weighted by Gasteiger charge is -2.07. The zero-order valence-electron chi connectivity index (χ0n) is 8.94. The summed E-state index contributed by atoms with van der Waals surface area (Å²) in [6.45, 7) is 5.48. The van der Waals surface area contributed by atoms with Crippen LogP contribution in [0.3, 0.4) is 0 Å². The molecule has 1 aromatic rings. The molecule has 1 heterocycles. The van der Waals surface area contributed by atoms with Crippen molar-refractivity contribution in [1.82, 2.24) is 9.78 Å². The summed E-state index contributed by atoms with van der Waals surface area (Å²) in [6, 6.07) is 1.84. The summed E-state index contributed by atoms with van der Waals surface area (Å²) in [5, 5.41) is 4.91. The summed E-state index contributed by atoms with van der Waals surface area (Å²) < 4.78 is 1.91. The number of nitrogens with two attached hydrogens (primary N) is 1. The summed E-state index contributed by atoms with van der Waals surface area (Å²) in [6.07, 6.45) is 4.35. The van der Waals surface area contributed by atoms with Gasteiger partial charge in [0.2, 0.25) is 0 Å². The van der Waals surface area contributed by atoms with Crippen molar-refractivity contribution in [3.8, 4) is 0 Å². The molecule has 0 radical (unpaired) electrons. The molecule has 1 aromatic heterocycles. The minimum atomic E-state index is 0.611. The van der Waals surface area contributed by atoms with Gasteiger partial charge in [0.15, 0.2) is 0 Å². The summed E-state index contributed by atoms with van der Waals surface area (Å²) in [4.78, 5) is 0. The minimum Gasteiger partial charge on any atom is -0.382 e. The predicted molar refractivity (Wildman–Crippen MR) is 63.5 cm³/mol. The van der Waals surface area contributed by atoms with Gasteiger partial charge < -0.3 is 5.73 Å². The fraction of sp³-hybridized carbons (Fsp3) is 0.700. The van der Waals surface area contributed by atoms with Crippen molar-refractivity contribution in [2.45, 2.75) is 38.5 Å². The highest BCUT2D eigenvalue weighted by Crippen LogP contribution is 2.14. The number of aryl methyl sites for hydroxylation is 1. The van der Waals surface area contributed by atoms with Gasteiger partial charge in [-0.2, -0.15) is 16.9 Å². The first-order valence-electron chi connectivity index (χ1n) is 5.13. The van der Waals surface area contributed by atoms with Crippen LogP contribution in [0.1, 0.15) is 26.7 Å². The number of nitrogens with zero attached hydrogens (tertiary/aromatic N) is 2. The van der Waals surface area contributed by atoms with Crippen LogP contribution in [-0.4, -0.2) is 20.8 Å². The quantitative estimate of drug-likeness (QED) is 0.738. The van der Waals surface area contributed by atoms with Gasteiger partial charge in [0, 0.05) is 18.0 Å². The first kappa shape index (κ1) is 11.4. The molecule has 0 aromatic carbocycles. The lowest BCUT2D eigenvalue weighted by molar-refractivity contribution is 0.608. The Balaban J connectivity index is 2.10. The van der Waals surface area contributed by atoms with Crippen LogP contribution in [0.2, 0.25) is 0 Å². The second kappa shape index (κ2) is 5.96. The van der Waals surface area contributed by atoms with Crippen LogP contribution in [0.25, 0.3) is 0 Å². The van der Waals surface area contributed by atoms with Gasteiger partial charge in [-0.3, -0.25) is 4.68 Å². The lowest BCUT2D eigenvalue weighted by atomic mass is 10.4. The largest absolute Gasteiger partial charge is 0.382 e. The van der Waals surface area contributed by atoms with Gasteiger partial charge in [0.05, 0.1) is 0 Å². The molecule has 0 aliphatic carbocycles. The van der Waals surface area contributed by atoms with Gasteiger partial charge in [-0.05, 0) is 24.7 Å². The number of rotatable bonds is 6.